The predicted octanol–water partition coefficient (Wildman–Crippen LogP) is 5.88. The lowest BCUT2D eigenvalue weighted by Gasteiger charge is -2.30. The molecule has 0 saturated carbocycles. The molecule has 0 heterocycles. The summed E-state index contributed by atoms with van der Waals surface area (Å²) in [6, 6.07) is 17.4. The minimum atomic E-state index is -0.0819. The number of benzene rings is 2. The van der Waals surface area contributed by atoms with Gasteiger partial charge in [-0.3, -0.25) is 0 Å². The van der Waals surface area contributed by atoms with Gasteiger partial charge in [0.05, 0.1) is 0 Å². The highest BCUT2D eigenvalue weighted by atomic mass is 35.5. The number of carbonyl (C=O) groups is 1. The van der Waals surface area contributed by atoms with Gasteiger partial charge in [-0.1, -0.05) is 55.8 Å². The molecule has 0 aliphatic rings. The van der Waals surface area contributed by atoms with E-state index in [1.807, 2.05) is 35.2 Å². The molecule has 0 radical (unpaired) electrons. The topological polar surface area (TPSA) is 35.6 Å². The summed E-state index contributed by atoms with van der Waals surface area (Å²) in [4.78, 5) is 17.4. The van der Waals surface area contributed by atoms with Crippen LogP contribution in [0.5, 0.6) is 0 Å². The molecule has 2 amide bonds. The van der Waals surface area contributed by atoms with E-state index in [2.05, 4.69) is 43.1 Å². The van der Waals surface area contributed by atoms with Crippen LogP contribution in [0.1, 0.15) is 39.2 Å². The van der Waals surface area contributed by atoms with E-state index in [0.717, 1.165) is 43.7 Å². The molecule has 0 spiro atoms. The van der Waals surface area contributed by atoms with E-state index in [1.54, 1.807) is 12.1 Å². The van der Waals surface area contributed by atoms with E-state index >= 15 is 0 Å². The first kappa shape index (κ1) is 22.3. The van der Waals surface area contributed by atoms with Gasteiger partial charge in [-0.2, -0.15) is 0 Å². The minimum Gasteiger partial charge on any atom is -0.318 e. The number of halogens is 1. The zero-order valence-corrected chi connectivity index (χ0v) is 18.0. The van der Waals surface area contributed by atoms with E-state index in [9.17, 15) is 4.79 Å². The molecular formula is C23H32ClN3O. The molecule has 1 N–H and O–H groups in total. The number of nitrogens with one attached hydrogen (secondary N) is 1. The first-order valence-electron chi connectivity index (χ1n) is 10.1. The van der Waals surface area contributed by atoms with Crippen molar-refractivity contribution >= 4 is 23.3 Å². The van der Waals surface area contributed by atoms with Gasteiger partial charge in [0.15, 0.2) is 0 Å². The summed E-state index contributed by atoms with van der Waals surface area (Å²) >= 11 is 5.95. The van der Waals surface area contributed by atoms with Crippen LogP contribution in [0.2, 0.25) is 5.02 Å². The minimum absolute atomic E-state index is 0.0819. The highest BCUT2D eigenvalue weighted by Gasteiger charge is 2.20. The van der Waals surface area contributed by atoms with Gasteiger partial charge in [-0.05, 0) is 69.2 Å². The van der Waals surface area contributed by atoms with Crippen LogP contribution in [0.3, 0.4) is 0 Å². The second kappa shape index (κ2) is 11.7. The van der Waals surface area contributed by atoms with Crippen molar-refractivity contribution in [2.45, 2.75) is 46.2 Å². The van der Waals surface area contributed by atoms with Gasteiger partial charge >= 0.3 is 6.03 Å². The van der Waals surface area contributed by atoms with Crippen molar-refractivity contribution in [1.82, 2.24) is 9.80 Å². The fourth-order valence-corrected chi connectivity index (χ4v) is 3.37. The van der Waals surface area contributed by atoms with E-state index in [0.29, 0.717) is 11.6 Å². The fraction of sp³-hybridized carbons (Fsp3) is 0.435. The molecule has 2 aromatic carbocycles. The molecule has 1 unspecified atom stereocenters. The molecule has 1 atom stereocenters. The van der Waals surface area contributed by atoms with Gasteiger partial charge in [0, 0.05) is 23.3 Å². The average molecular weight is 402 g/mol. The van der Waals surface area contributed by atoms with Crippen LogP contribution in [0.4, 0.5) is 10.5 Å². The Bertz CT molecular complexity index is 702. The van der Waals surface area contributed by atoms with Crippen LogP contribution < -0.4 is 5.32 Å². The number of amides is 2. The standard InChI is InChI=1S/C23H32ClN3O/c1-4-26(5-2)17-9-10-19(3)27(18-20-11-7-6-8-12-20)23(28)25-22-15-13-21(24)14-16-22/h6-8,11-16,19H,4-5,9-10,17-18H2,1-3H3,(H,25,28). The molecule has 4 nitrogen and oxygen atoms in total. The molecule has 0 saturated heterocycles. The quantitative estimate of drug-likeness (QED) is 0.539. The summed E-state index contributed by atoms with van der Waals surface area (Å²) in [5.41, 5.74) is 1.88. The monoisotopic (exact) mass is 401 g/mol. The van der Waals surface area contributed by atoms with E-state index in [-0.39, 0.29) is 12.1 Å². The predicted molar refractivity (Wildman–Crippen MR) is 119 cm³/mol. The Morgan fingerprint density at radius 3 is 2.29 bits per heavy atom. The molecule has 2 aromatic rings. The van der Waals surface area contributed by atoms with Gasteiger partial charge in [-0.25, -0.2) is 4.79 Å². The van der Waals surface area contributed by atoms with E-state index in [4.69, 9.17) is 11.6 Å². The van der Waals surface area contributed by atoms with Crippen LogP contribution >= 0.6 is 11.6 Å². The smallest absolute Gasteiger partial charge is 0.318 e. The Kier molecular flexibility index (Phi) is 9.32. The second-order valence-electron chi connectivity index (χ2n) is 7.07. The fourth-order valence-electron chi connectivity index (χ4n) is 3.24. The number of carbonyl (C=O) groups excluding carboxylic acids is 1. The third kappa shape index (κ3) is 7.17. The molecule has 0 bridgehead atoms. The largest absolute Gasteiger partial charge is 0.322 e. The molecule has 0 aliphatic carbocycles. The van der Waals surface area contributed by atoms with Crippen LogP contribution in [0.25, 0.3) is 0 Å². The van der Waals surface area contributed by atoms with Crippen molar-refractivity contribution in [3.63, 3.8) is 0 Å². The van der Waals surface area contributed by atoms with Gasteiger partial charge in [0.25, 0.3) is 0 Å². The van der Waals surface area contributed by atoms with Crippen molar-refractivity contribution < 1.29 is 4.79 Å². The zero-order chi connectivity index (χ0) is 20.4. The molecule has 28 heavy (non-hydrogen) atoms. The molecule has 2 rings (SSSR count). The number of rotatable bonds is 10. The van der Waals surface area contributed by atoms with Crippen LogP contribution in [0, 0.1) is 0 Å². The van der Waals surface area contributed by atoms with Crippen LogP contribution in [-0.4, -0.2) is 41.5 Å². The van der Waals surface area contributed by atoms with Gasteiger partial charge < -0.3 is 15.1 Å². The highest BCUT2D eigenvalue weighted by Crippen LogP contribution is 2.17. The summed E-state index contributed by atoms with van der Waals surface area (Å²) in [6.07, 6.45) is 2.04. The van der Waals surface area contributed by atoms with Crippen LogP contribution in [0.15, 0.2) is 54.6 Å². The number of hydrogen-bond acceptors (Lipinski definition) is 2. The molecule has 152 valence electrons. The maximum atomic E-state index is 13.0. The number of urea groups is 1. The second-order valence-corrected chi connectivity index (χ2v) is 7.51. The first-order chi connectivity index (χ1) is 13.5. The normalized spacial score (nSPS) is 12.0. The van der Waals surface area contributed by atoms with Crippen molar-refractivity contribution in [2.24, 2.45) is 0 Å². The SMILES string of the molecule is CCN(CC)CCCC(C)N(Cc1ccccc1)C(=O)Nc1ccc(Cl)cc1. The van der Waals surface area contributed by atoms with Gasteiger partial charge in [0.1, 0.15) is 0 Å². The Hall–Kier alpha value is -2.04. The number of nitrogens with zero attached hydrogens (tertiary/aromatic N) is 2. The highest BCUT2D eigenvalue weighted by molar-refractivity contribution is 6.30. The van der Waals surface area contributed by atoms with Crippen LogP contribution in [-0.2, 0) is 6.54 Å². The van der Waals surface area contributed by atoms with Crippen molar-refractivity contribution in [3.8, 4) is 0 Å². The van der Waals surface area contributed by atoms with Crippen molar-refractivity contribution in [2.75, 3.05) is 25.0 Å². The Balaban J connectivity index is 2.04. The lowest BCUT2D eigenvalue weighted by molar-refractivity contribution is 0.181. The van der Waals surface area contributed by atoms with Gasteiger partial charge in [0.2, 0.25) is 0 Å². The lowest BCUT2D eigenvalue weighted by atomic mass is 10.1. The number of hydrogen-bond donors (Lipinski definition) is 1. The summed E-state index contributed by atoms with van der Waals surface area (Å²) in [5.74, 6) is 0. The van der Waals surface area contributed by atoms with E-state index in [1.165, 1.54) is 0 Å². The molecule has 5 heteroatoms. The summed E-state index contributed by atoms with van der Waals surface area (Å²) in [6.45, 7) is 10.3. The van der Waals surface area contributed by atoms with Crippen molar-refractivity contribution in [1.29, 1.82) is 0 Å². The summed E-state index contributed by atoms with van der Waals surface area (Å²) in [5, 5.41) is 3.67. The summed E-state index contributed by atoms with van der Waals surface area (Å²) in [7, 11) is 0. The lowest BCUT2D eigenvalue weighted by Crippen LogP contribution is -2.41. The van der Waals surface area contributed by atoms with E-state index < -0.39 is 0 Å². The maximum Gasteiger partial charge on any atom is 0.322 e. The Morgan fingerprint density at radius 1 is 1.04 bits per heavy atom. The molecule has 0 aromatic heterocycles. The molecule has 0 aliphatic heterocycles. The zero-order valence-electron chi connectivity index (χ0n) is 17.2. The number of anilines is 1. The maximum absolute atomic E-state index is 13.0. The Labute approximate surface area is 174 Å². The Morgan fingerprint density at radius 2 is 1.68 bits per heavy atom. The third-order valence-electron chi connectivity index (χ3n) is 5.07. The molecular weight excluding hydrogens is 370 g/mol. The van der Waals surface area contributed by atoms with Crippen molar-refractivity contribution in [3.05, 3.63) is 65.2 Å². The molecule has 0 fully saturated rings. The third-order valence-corrected chi connectivity index (χ3v) is 5.33. The first-order valence-corrected chi connectivity index (χ1v) is 10.5. The van der Waals surface area contributed by atoms with Gasteiger partial charge in [-0.15, -0.1) is 0 Å². The average Bonchev–Trinajstić information content (AvgIpc) is 2.71. The summed E-state index contributed by atoms with van der Waals surface area (Å²) < 4.78 is 0.